The maximum absolute atomic E-state index is 6.09. The van der Waals surface area contributed by atoms with Crippen LogP contribution in [0.1, 0.15) is 5.82 Å². The average Bonchev–Trinajstić information content (AvgIpc) is 2.35. The van der Waals surface area contributed by atoms with Gasteiger partial charge in [0.1, 0.15) is 11.8 Å². The summed E-state index contributed by atoms with van der Waals surface area (Å²) in [5, 5.41) is 0.464. The van der Waals surface area contributed by atoms with Crippen molar-refractivity contribution in [1.29, 1.82) is 0 Å². The summed E-state index contributed by atoms with van der Waals surface area (Å²) >= 11 is 8.25. The van der Waals surface area contributed by atoms with Crippen molar-refractivity contribution in [2.75, 3.05) is 7.11 Å². The van der Waals surface area contributed by atoms with Gasteiger partial charge in [-0.15, -0.1) is 0 Å². The number of hydrogen-bond acceptors (Lipinski definition) is 3. The number of aromatic nitrogens is 2. The third-order valence-electron chi connectivity index (χ3n) is 2.18. The molecule has 0 saturated heterocycles. The third kappa shape index (κ3) is 2.94. The van der Waals surface area contributed by atoms with E-state index in [1.165, 1.54) is 0 Å². The fourth-order valence-electron chi connectivity index (χ4n) is 1.44. The lowest BCUT2D eigenvalue weighted by molar-refractivity contribution is 0.178. The molecule has 0 aliphatic rings. The molecule has 0 radical (unpaired) electrons. The minimum absolute atomic E-state index is 0.358. The molecule has 0 atom stereocenters. The Balaban J connectivity index is 2.53. The van der Waals surface area contributed by atoms with Crippen molar-refractivity contribution in [2.24, 2.45) is 0 Å². The Labute approximate surface area is 118 Å². The summed E-state index contributed by atoms with van der Waals surface area (Å²) in [6.45, 7) is 0.358. The molecule has 1 heterocycles. The Hall–Kier alpha value is -0.720. The van der Waals surface area contributed by atoms with Gasteiger partial charge in [-0.3, -0.25) is 0 Å². The summed E-state index contributed by atoms with van der Waals surface area (Å²) in [5.41, 5.74) is 1.87. The van der Waals surface area contributed by atoms with Gasteiger partial charge in [-0.2, -0.15) is 0 Å². The number of ether oxygens (including phenoxy) is 1. The van der Waals surface area contributed by atoms with Gasteiger partial charge in [-0.05, 0) is 22.6 Å². The van der Waals surface area contributed by atoms with Crippen LogP contribution >= 0.6 is 34.2 Å². The van der Waals surface area contributed by atoms with Crippen LogP contribution in [0.15, 0.2) is 30.3 Å². The molecule has 3 nitrogen and oxygen atoms in total. The molecule has 88 valence electrons. The van der Waals surface area contributed by atoms with Gasteiger partial charge in [-0.25, -0.2) is 9.97 Å². The van der Waals surface area contributed by atoms with E-state index in [0.717, 1.165) is 14.8 Å². The normalized spacial score (nSPS) is 10.5. The molecule has 1 aromatic heterocycles. The first kappa shape index (κ1) is 12.7. The number of nitrogens with zero attached hydrogens (tertiary/aromatic N) is 2. The second kappa shape index (κ2) is 5.75. The fourth-order valence-corrected chi connectivity index (χ4v) is 2.18. The van der Waals surface area contributed by atoms with Crippen LogP contribution < -0.4 is 0 Å². The molecule has 0 aliphatic carbocycles. The van der Waals surface area contributed by atoms with E-state index >= 15 is 0 Å². The maximum atomic E-state index is 6.09. The highest BCUT2D eigenvalue weighted by Gasteiger charge is 2.12. The lowest BCUT2D eigenvalue weighted by Crippen LogP contribution is -2.01. The quantitative estimate of drug-likeness (QED) is 0.620. The SMILES string of the molecule is COCc1nc(Cl)c(I)c(-c2ccccc2)n1. The summed E-state index contributed by atoms with van der Waals surface area (Å²) < 4.78 is 5.88. The van der Waals surface area contributed by atoms with Crippen molar-refractivity contribution >= 4 is 34.2 Å². The summed E-state index contributed by atoms with van der Waals surface area (Å²) in [5.74, 6) is 0.594. The molecular weight excluding hydrogens is 351 g/mol. The highest BCUT2D eigenvalue weighted by atomic mass is 127. The summed E-state index contributed by atoms with van der Waals surface area (Å²) in [6.07, 6.45) is 0. The van der Waals surface area contributed by atoms with Crippen LogP contribution in [0.5, 0.6) is 0 Å². The van der Waals surface area contributed by atoms with Crippen LogP contribution in [0.4, 0.5) is 0 Å². The monoisotopic (exact) mass is 360 g/mol. The molecule has 0 saturated carbocycles. The van der Waals surface area contributed by atoms with Crippen molar-refractivity contribution in [3.63, 3.8) is 0 Å². The molecule has 2 aromatic rings. The Morgan fingerprint density at radius 3 is 2.59 bits per heavy atom. The predicted molar refractivity (Wildman–Crippen MR) is 75.9 cm³/mol. The van der Waals surface area contributed by atoms with Crippen LogP contribution in [0.3, 0.4) is 0 Å². The molecule has 17 heavy (non-hydrogen) atoms. The molecule has 0 aliphatic heterocycles. The first-order valence-electron chi connectivity index (χ1n) is 4.98. The molecule has 0 amide bonds. The van der Waals surface area contributed by atoms with E-state index in [4.69, 9.17) is 16.3 Å². The molecule has 0 bridgehead atoms. The number of benzene rings is 1. The van der Waals surface area contributed by atoms with Crippen molar-refractivity contribution in [3.05, 3.63) is 44.9 Å². The Bertz CT molecular complexity index is 519. The summed E-state index contributed by atoms with van der Waals surface area (Å²) in [4.78, 5) is 8.64. The minimum Gasteiger partial charge on any atom is -0.377 e. The van der Waals surface area contributed by atoms with Gasteiger partial charge in [-0.1, -0.05) is 41.9 Å². The predicted octanol–water partition coefficient (Wildman–Crippen LogP) is 3.55. The van der Waals surface area contributed by atoms with Gasteiger partial charge < -0.3 is 4.74 Å². The van der Waals surface area contributed by atoms with Gasteiger partial charge in [0.25, 0.3) is 0 Å². The smallest absolute Gasteiger partial charge is 0.156 e. The first-order chi connectivity index (χ1) is 8.22. The zero-order valence-electron chi connectivity index (χ0n) is 9.15. The summed E-state index contributed by atoms with van der Waals surface area (Å²) in [6, 6.07) is 9.90. The summed E-state index contributed by atoms with van der Waals surface area (Å²) in [7, 11) is 1.61. The molecular formula is C12H10ClIN2O. The topological polar surface area (TPSA) is 35.0 Å². The number of halogens is 2. The average molecular weight is 361 g/mol. The second-order valence-corrected chi connectivity index (χ2v) is 4.83. The standard InChI is InChI=1S/C12H10ClIN2O/c1-17-7-9-15-11(10(14)12(13)16-9)8-5-3-2-4-6-8/h2-6H,7H2,1H3. The van der Waals surface area contributed by atoms with Crippen molar-refractivity contribution in [2.45, 2.75) is 6.61 Å². The van der Waals surface area contributed by atoms with E-state index in [9.17, 15) is 0 Å². The van der Waals surface area contributed by atoms with Gasteiger partial charge in [0, 0.05) is 12.7 Å². The molecule has 2 rings (SSSR count). The van der Waals surface area contributed by atoms with E-state index in [1.54, 1.807) is 7.11 Å². The van der Waals surface area contributed by atoms with Crippen LogP contribution in [0.25, 0.3) is 11.3 Å². The van der Waals surface area contributed by atoms with Gasteiger partial charge in [0.05, 0.1) is 9.26 Å². The van der Waals surface area contributed by atoms with Crippen LogP contribution in [0.2, 0.25) is 5.15 Å². The molecule has 1 aromatic carbocycles. The highest BCUT2D eigenvalue weighted by Crippen LogP contribution is 2.27. The molecule has 0 unspecified atom stereocenters. The molecule has 0 N–H and O–H groups in total. The number of methoxy groups -OCH3 is 1. The van der Waals surface area contributed by atoms with Crippen LogP contribution in [-0.4, -0.2) is 17.1 Å². The van der Waals surface area contributed by atoms with Crippen molar-refractivity contribution < 1.29 is 4.74 Å². The first-order valence-corrected chi connectivity index (χ1v) is 6.44. The number of rotatable bonds is 3. The third-order valence-corrected chi connectivity index (χ3v) is 3.79. The van der Waals surface area contributed by atoms with Crippen molar-refractivity contribution in [3.8, 4) is 11.3 Å². The zero-order chi connectivity index (χ0) is 12.3. The Morgan fingerprint density at radius 2 is 1.94 bits per heavy atom. The van der Waals surface area contributed by atoms with Gasteiger partial charge in [0.2, 0.25) is 0 Å². The molecule has 5 heteroatoms. The zero-order valence-corrected chi connectivity index (χ0v) is 12.1. The largest absolute Gasteiger partial charge is 0.377 e. The van der Waals surface area contributed by atoms with Gasteiger partial charge >= 0.3 is 0 Å². The maximum Gasteiger partial charge on any atom is 0.156 e. The van der Waals surface area contributed by atoms with E-state index < -0.39 is 0 Å². The van der Waals surface area contributed by atoms with Crippen LogP contribution in [0, 0.1) is 3.57 Å². The fraction of sp³-hybridized carbons (Fsp3) is 0.167. The lowest BCUT2D eigenvalue weighted by Gasteiger charge is -2.07. The minimum atomic E-state index is 0.358. The highest BCUT2D eigenvalue weighted by molar-refractivity contribution is 14.1. The number of hydrogen-bond donors (Lipinski definition) is 0. The van der Waals surface area contributed by atoms with E-state index in [2.05, 4.69) is 32.6 Å². The van der Waals surface area contributed by atoms with E-state index in [0.29, 0.717) is 17.6 Å². The van der Waals surface area contributed by atoms with Gasteiger partial charge in [0.15, 0.2) is 5.82 Å². The van der Waals surface area contributed by atoms with Crippen molar-refractivity contribution in [1.82, 2.24) is 9.97 Å². The lowest BCUT2D eigenvalue weighted by atomic mass is 10.1. The second-order valence-electron chi connectivity index (χ2n) is 3.39. The van der Waals surface area contributed by atoms with E-state index in [-0.39, 0.29) is 0 Å². The molecule has 0 fully saturated rings. The van der Waals surface area contributed by atoms with E-state index in [1.807, 2.05) is 30.3 Å². The van der Waals surface area contributed by atoms with Crippen LogP contribution in [-0.2, 0) is 11.3 Å². The molecule has 0 spiro atoms. The Kier molecular flexibility index (Phi) is 4.31. The Morgan fingerprint density at radius 1 is 1.24 bits per heavy atom.